The van der Waals surface area contributed by atoms with Crippen LogP contribution in [0.2, 0.25) is 189 Å². The number of hydrogen-bond donors (Lipinski definition) is 0. The normalized spacial score (nSPS) is 13.6. The summed E-state index contributed by atoms with van der Waals surface area (Å²) in [5.74, 6) is 2.82. The minimum absolute atomic E-state index is 0.428. The van der Waals surface area contributed by atoms with Crippen LogP contribution >= 0.6 is 0 Å². The van der Waals surface area contributed by atoms with E-state index in [0.717, 1.165) is 56.3 Å². The Balaban J connectivity index is 2.97. The first kappa shape index (κ1) is 62.6. The summed E-state index contributed by atoms with van der Waals surface area (Å²) >= 11 is 0. The van der Waals surface area contributed by atoms with Crippen molar-refractivity contribution in [2.75, 3.05) is 19.8 Å². The Labute approximate surface area is 416 Å². The highest BCUT2D eigenvalue weighted by Crippen LogP contribution is 2.33. The van der Waals surface area contributed by atoms with Gasteiger partial charge in [-0.1, -0.05) is 253 Å². The van der Waals surface area contributed by atoms with E-state index < -0.39 is 77.0 Å². The molecule has 1 unspecified atom stereocenters. The van der Waals surface area contributed by atoms with Crippen LogP contribution < -0.4 is 14.2 Å². The minimum atomic E-state index is -1.20. The number of ether oxygens (including phenoxy) is 3. The molecule has 64 heavy (non-hydrogen) atoms. The number of rotatable bonds is 43. The molecule has 1 aromatic carbocycles. The van der Waals surface area contributed by atoms with Gasteiger partial charge in [-0.2, -0.15) is 0 Å². The van der Waals surface area contributed by atoms with E-state index in [4.69, 9.17) is 14.2 Å². The molecule has 1 atom stereocenters. The first-order valence-electron chi connectivity index (χ1n) is 28.3. The Morgan fingerprint density at radius 2 is 0.469 bits per heavy atom. The third-order valence-corrected chi connectivity index (χ3v) is 38.2. The van der Waals surface area contributed by atoms with Crippen molar-refractivity contribution in [3.8, 4) is 17.2 Å². The zero-order chi connectivity index (χ0) is 47.9. The monoisotopic (exact) mass is 1040 g/mol. The van der Waals surface area contributed by atoms with Gasteiger partial charge in [-0.15, -0.1) is 0 Å². The standard InChI is InChI=1S/C52H116O3Si9/c1-56(2)32-19-23-41-62(13,42-24-33-57(3)4)38-20-16-29-53-50-47-51(54-30-17-21-39-63(14,43-25-34-58(5)6)44-26-35-59(7)8)49-52(48-50)55-31-18-22-40-64(15,45-27-36-60(9)10)46-28-37-61(11)12/h47-49,56-61H,16-46H2,1-15H3. The van der Waals surface area contributed by atoms with Crippen LogP contribution in [0.1, 0.15) is 83.5 Å². The molecular formula is C52H116O3Si9. The molecule has 0 aliphatic rings. The molecule has 3 nitrogen and oxygen atoms in total. The second kappa shape index (κ2) is 36.5. The summed E-state index contributed by atoms with van der Waals surface area (Å²) in [7, 11) is -6.28. The summed E-state index contributed by atoms with van der Waals surface area (Å²) in [5, 5.41) is 0. The van der Waals surface area contributed by atoms with Gasteiger partial charge in [0.15, 0.2) is 0 Å². The van der Waals surface area contributed by atoms with E-state index >= 15 is 0 Å². The average molecular weight is 1040 g/mol. The van der Waals surface area contributed by atoms with E-state index in [0.29, 0.717) is 0 Å². The fraction of sp³-hybridized carbons (Fsp3) is 0.885. The molecule has 0 radical (unpaired) electrons. The van der Waals surface area contributed by atoms with Crippen molar-refractivity contribution < 1.29 is 14.2 Å². The summed E-state index contributed by atoms with van der Waals surface area (Å²) < 4.78 is 19.8. The molecule has 1 rings (SSSR count). The van der Waals surface area contributed by atoms with Gasteiger partial charge in [-0.3, -0.25) is 0 Å². The van der Waals surface area contributed by atoms with E-state index in [9.17, 15) is 0 Å². The molecule has 0 spiro atoms. The number of hydrogen-bond acceptors (Lipinski definition) is 3. The summed E-state index contributed by atoms with van der Waals surface area (Å²) in [6.45, 7) is 41.1. The second-order valence-corrected chi connectivity index (χ2v) is 60.6. The largest absolute Gasteiger partial charge is 0.493 e. The van der Waals surface area contributed by atoms with Crippen LogP contribution in [0.25, 0.3) is 0 Å². The topological polar surface area (TPSA) is 27.7 Å². The predicted molar refractivity (Wildman–Crippen MR) is 323 cm³/mol. The zero-order valence-corrected chi connectivity index (χ0v) is 56.3. The smallest absolute Gasteiger partial charge is 0.126 e. The summed E-state index contributed by atoms with van der Waals surface area (Å²) in [4.78, 5) is 0. The molecule has 0 fully saturated rings. The quantitative estimate of drug-likeness (QED) is 0.0482. The molecule has 12 heteroatoms. The SMILES string of the molecule is C[SiH](C)CCCC[Si](C)(CCCCOc1cc(OCCCC[Si](C)(CCC[SiH](C)C)CCC[SiH](C)C)cc(OCCCC[Si](C)(CCC[SiH](C)C)CCC[SiH](C)C)c1)CCC[SiH](C)C. The minimum Gasteiger partial charge on any atom is -0.493 e. The van der Waals surface area contributed by atoms with Crippen LogP contribution in [0, 0.1) is 0 Å². The maximum Gasteiger partial charge on any atom is 0.126 e. The Kier molecular flexibility index (Phi) is 35.7. The predicted octanol–water partition coefficient (Wildman–Crippen LogP) is 17.1. The Hall–Kier alpha value is 0.572. The molecule has 0 bridgehead atoms. The van der Waals surface area contributed by atoms with Crippen molar-refractivity contribution in [1.29, 1.82) is 0 Å². The lowest BCUT2D eigenvalue weighted by molar-refractivity contribution is 0.279. The fourth-order valence-corrected chi connectivity index (χ4v) is 30.4. The van der Waals surface area contributed by atoms with Crippen LogP contribution in [0.4, 0.5) is 0 Å². The fourth-order valence-electron chi connectivity index (χ4n) is 10.2. The van der Waals surface area contributed by atoms with Crippen molar-refractivity contribution in [1.82, 2.24) is 0 Å². The van der Waals surface area contributed by atoms with Gasteiger partial charge in [0, 0.05) is 71.0 Å². The summed E-state index contributed by atoms with van der Waals surface area (Å²) in [6, 6.07) is 29.5. The maximum atomic E-state index is 6.59. The molecule has 0 N–H and O–H groups in total. The van der Waals surface area contributed by atoms with E-state index in [-0.39, 0.29) is 0 Å². The van der Waals surface area contributed by atoms with E-state index in [1.54, 1.807) is 36.3 Å². The Bertz CT molecular complexity index is 1170. The van der Waals surface area contributed by atoms with Gasteiger partial charge < -0.3 is 14.2 Å². The van der Waals surface area contributed by atoms with Crippen LogP contribution in [0.3, 0.4) is 0 Å². The highest BCUT2D eigenvalue weighted by atomic mass is 28.3. The first-order chi connectivity index (χ1) is 30.2. The van der Waals surface area contributed by atoms with Gasteiger partial charge in [0.05, 0.1) is 44.0 Å². The molecule has 0 heterocycles. The third kappa shape index (κ3) is 34.8. The molecule has 0 amide bonds. The molecule has 0 aliphatic heterocycles. The summed E-state index contributed by atoms with van der Waals surface area (Å²) in [5.41, 5.74) is 0. The highest BCUT2D eigenvalue weighted by Gasteiger charge is 2.28. The van der Waals surface area contributed by atoms with Gasteiger partial charge in [0.1, 0.15) is 17.2 Å². The van der Waals surface area contributed by atoms with Crippen molar-refractivity contribution in [2.24, 2.45) is 0 Å². The number of unbranched alkanes of at least 4 members (excludes halogenated alkanes) is 4. The highest BCUT2D eigenvalue weighted by molar-refractivity contribution is 6.79. The molecule has 0 saturated carbocycles. The Morgan fingerprint density at radius 1 is 0.281 bits per heavy atom. The zero-order valence-electron chi connectivity index (χ0n) is 46.3. The molecule has 0 aromatic heterocycles. The van der Waals surface area contributed by atoms with Gasteiger partial charge in [-0.25, -0.2) is 0 Å². The van der Waals surface area contributed by atoms with Crippen LogP contribution in [-0.4, -0.2) is 96.8 Å². The van der Waals surface area contributed by atoms with Gasteiger partial charge in [-0.05, 0) is 19.3 Å². The molecule has 0 aliphatic carbocycles. The Morgan fingerprint density at radius 3 is 0.688 bits per heavy atom. The van der Waals surface area contributed by atoms with Crippen molar-refractivity contribution in [3.63, 3.8) is 0 Å². The molecule has 378 valence electrons. The lowest BCUT2D eigenvalue weighted by Crippen LogP contribution is -2.30. The van der Waals surface area contributed by atoms with Crippen LogP contribution in [-0.2, 0) is 0 Å². The molecule has 1 aromatic rings. The lowest BCUT2D eigenvalue weighted by Gasteiger charge is -2.28. The maximum absolute atomic E-state index is 6.59. The van der Waals surface area contributed by atoms with E-state index in [1.807, 2.05) is 0 Å². The van der Waals surface area contributed by atoms with Crippen molar-refractivity contribution in [2.45, 2.75) is 272 Å². The van der Waals surface area contributed by atoms with Crippen LogP contribution in [0.15, 0.2) is 18.2 Å². The second-order valence-electron chi connectivity index (χ2n) is 25.1. The summed E-state index contributed by atoms with van der Waals surface area (Å²) in [6.07, 6.45) is 17.9. The van der Waals surface area contributed by atoms with E-state index in [1.165, 1.54) is 119 Å². The molecule has 0 saturated heterocycles. The third-order valence-electron chi connectivity index (χ3n) is 14.8. The lowest BCUT2D eigenvalue weighted by atomic mass is 10.3. The van der Waals surface area contributed by atoms with Crippen LogP contribution in [0.5, 0.6) is 17.2 Å². The average Bonchev–Trinajstić information content (AvgIpc) is 3.18. The molecular weight excluding hydrogens is 925 g/mol. The van der Waals surface area contributed by atoms with Gasteiger partial charge >= 0.3 is 0 Å². The van der Waals surface area contributed by atoms with Crippen molar-refractivity contribution >= 4 is 77.0 Å². The van der Waals surface area contributed by atoms with E-state index in [2.05, 4.69) is 116 Å². The number of benzene rings is 1. The van der Waals surface area contributed by atoms with Gasteiger partial charge in [0.2, 0.25) is 0 Å². The van der Waals surface area contributed by atoms with Gasteiger partial charge in [0.25, 0.3) is 0 Å². The first-order valence-corrected chi connectivity index (χ1v) is 56.4. The van der Waals surface area contributed by atoms with Crippen molar-refractivity contribution in [3.05, 3.63) is 18.2 Å².